The van der Waals surface area contributed by atoms with Crippen LogP contribution >= 0.6 is 0 Å². The lowest BCUT2D eigenvalue weighted by molar-refractivity contribution is 0.0154. The van der Waals surface area contributed by atoms with Gasteiger partial charge in [-0.1, -0.05) is 12.1 Å². The highest BCUT2D eigenvalue weighted by atomic mass is 16.5. The number of hydrogen-bond donors (Lipinski definition) is 3. The molecule has 2 atom stereocenters. The molecule has 2 aromatic heterocycles. The number of imidazole rings is 1. The zero-order valence-electron chi connectivity index (χ0n) is 14.1. The van der Waals surface area contributed by atoms with Crippen LogP contribution in [0.5, 0.6) is 0 Å². The van der Waals surface area contributed by atoms with Gasteiger partial charge in [-0.25, -0.2) is 4.98 Å². The lowest BCUT2D eigenvalue weighted by atomic mass is 10.3. The molecule has 0 spiro atoms. The first-order valence-corrected chi connectivity index (χ1v) is 8.29. The van der Waals surface area contributed by atoms with Crippen LogP contribution in [-0.4, -0.2) is 45.1 Å². The Kier molecular flexibility index (Phi) is 5.70. The molecule has 0 radical (unpaired) electrons. The van der Waals surface area contributed by atoms with Crippen molar-refractivity contribution in [1.82, 2.24) is 9.55 Å². The number of benzene rings is 1. The number of aromatic nitrogens is 2. The molecular formula is C18H23N3O4. The third-order valence-electron chi connectivity index (χ3n) is 3.74. The summed E-state index contributed by atoms with van der Waals surface area (Å²) in [5, 5.41) is 22.9. The van der Waals surface area contributed by atoms with E-state index in [0.29, 0.717) is 25.6 Å². The van der Waals surface area contributed by atoms with E-state index >= 15 is 0 Å². The van der Waals surface area contributed by atoms with Crippen LogP contribution in [0.4, 0.5) is 5.95 Å². The van der Waals surface area contributed by atoms with Gasteiger partial charge in [0.05, 0.1) is 42.7 Å². The molecule has 3 rings (SSSR count). The molecule has 0 aliphatic heterocycles. The maximum atomic E-state index is 10.3. The maximum absolute atomic E-state index is 10.3. The van der Waals surface area contributed by atoms with E-state index in [0.717, 1.165) is 16.8 Å². The van der Waals surface area contributed by atoms with Crippen molar-refractivity contribution < 1.29 is 19.4 Å². The Morgan fingerprint density at radius 3 is 2.84 bits per heavy atom. The average molecular weight is 345 g/mol. The van der Waals surface area contributed by atoms with E-state index < -0.39 is 12.2 Å². The van der Waals surface area contributed by atoms with Gasteiger partial charge in [-0.2, -0.15) is 0 Å². The zero-order valence-corrected chi connectivity index (χ0v) is 14.1. The molecule has 0 saturated carbocycles. The summed E-state index contributed by atoms with van der Waals surface area (Å²) in [7, 11) is 0. The van der Waals surface area contributed by atoms with Gasteiger partial charge < -0.3 is 29.3 Å². The third kappa shape index (κ3) is 4.60. The topological polar surface area (TPSA) is 92.7 Å². The lowest BCUT2D eigenvalue weighted by Crippen LogP contribution is -2.24. The van der Waals surface area contributed by atoms with Crippen LogP contribution in [0.2, 0.25) is 0 Å². The van der Waals surface area contributed by atoms with Gasteiger partial charge in [-0.15, -0.1) is 0 Å². The van der Waals surface area contributed by atoms with Crippen LogP contribution in [0.15, 0.2) is 47.1 Å². The molecule has 3 N–H and O–H groups in total. The minimum atomic E-state index is -0.695. The fourth-order valence-corrected chi connectivity index (χ4v) is 2.59. The Bertz CT molecular complexity index is 783. The van der Waals surface area contributed by atoms with Crippen LogP contribution < -0.4 is 5.32 Å². The van der Waals surface area contributed by atoms with E-state index in [4.69, 9.17) is 9.15 Å². The first-order valence-electron chi connectivity index (χ1n) is 8.29. The predicted molar refractivity (Wildman–Crippen MR) is 94.3 cm³/mol. The molecule has 0 amide bonds. The van der Waals surface area contributed by atoms with Crippen molar-refractivity contribution >= 4 is 17.0 Å². The number of hydrogen-bond acceptors (Lipinski definition) is 6. The monoisotopic (exact) mass is 345 g/mol. The van der Waals surface area contributed by atoms with E-state index in [-0.39, 0.29) is 6.61 Å². The summed E-state index contributed by atoms with van der Waals surface area (Å²) in [6.45, 7) is 2.93. The van der Waals surface area contributed by atoms with Gasteiger partial charge in [0.15, 0.2) is 0 Å². The molecule has 1 aromatic carbocycles. The van der Waals surface area contributed by atoms with Gasteiger partial charge in [-0.3, -0.25) is 0 Å². The van der Waals surface area contributed by atoms with Crippen LogP contribution in [-0.2, 0) is 17.9 Å². The van der Waals surface area contributed by atoms with Gasteiger partial charge in [0.25, 0.3) is 0 Å². The first-order chi connectivity index (χ1) is 12.1. The number of fused-ring (bicyclic) bond motifs is 1. The minimum Gasteiger partial charge on any atom is -0.467 e. The van der Waals surface area contributed by atoms with Crippen molar-refractivity contribution in [3.8, 4) is 0 Å². The smallest absolute Gasteiger partial charge is 0.204 e. The van der Waals surface area contributed by atoms with Crippen LogP contribution in [0, 0.1) is 0 Å². The molecule has 0 aliphatic carbocycles. The van der Waals surface area contributed by atoms with Crippen molar-refractivity contribution in [2.75, 3.05) is 18.5 Å². The Morgan fingerprint density at radius 1 is 1.24 bits per heavy atom. The number of para-hydroxylation sites is 2. The normalized spacial score (nSPS) is 13.9. The number of anilines is 1. The molecule has 0 fully saturated rings. The highest BCUT2D eigenvalue weighted by Crippen LogP contribution is 2.20. The van der Waals surface area contributed by atoms with Gasteiger partial charge >= 0.3 is 0 Å². The Hall–Kier alpha value is -2.35. The van der Waals surface area contributed by atoms with Crippen LogP contribution in [0.3, 0.4) is 0 Å². The highest BCUT2D eigenvalue weighted by Gasteiger charge is 2.15. The maximum Gasteiger partial charge on any atom is 0.204 e. The van der Waals surface area contributed by atoms with Crippen molar-refractivity contribution in [2.45, 2.75) is 32.3 Å². The number of aliphatic hydroxyl groups excluding tert-OH is 2. The summed E-state index contributed by atoms with van der Waals surface area (Å²) in [5.41, 5.74) is 1.75. The van der Waals surface area contributed by atoms with Crippen molar-refractivity contribution in [1.29, 1.82) is 0 Å². The number of nitrogens with one attached hydrogen (secondary N) is 1. The van der Waals surface area contributed by atoms with E-state index in [1.165, 1.54) is 0 Å². The quantitative estimate of drug-likeness (QED) is 0.549. The van der Waals surface area contributed by atoms with E-state index in [2.05, 4.69) is 10.3 Å². The second kappa shape index (κ2) is 8.15. The average Bonchev–Trinajstić information content (AvgIpc) is 3.21. The van der Waals surface area contributed by atoms with Crippen molar-refractivity contribution in [2.24, 2.45) is 0 Å². The van der Waals surface area contributed by atoms with Crippen molar-refractivity contribution in [3.05, 3.63) is 48.4 Å². The largest absolute Gasteiger partial charge is 0.467 e. The molecule has 2 heterocycles. The first kappa shape index (κ1) is 17.5. The van der Waals surface area contributed by atoms with Gasteiger partial charge in [0, 0.05) is 6.54 Å². The SMILES string of the molecule is C[C@@H](O)CNc1nc2ccccc2n1C[C@@H](O)COCc1ccco1. The third-order valence-corrected chi connectivity index (χ3v) is 3.74. The van der Waals surface area contributed by atoms with E-state index in [1.807, 2.05) is 34.9 Å². The molecule has 0 bridgehead atoms. The Morgan fingerprint density at radius 2 is 2.08 bits per heavy atom. The summed E-state index contributed by atoms with van der Waals surface area (Å²) in [5.74, 6) is 1.34. The van der Waals surface area contributed by atoms with Gasteiger partial charge in [-0.05, 0) is 31.2 Å². The number of rotatable bonds is 9. The second-order valence-corrected chi connectivity index (χ2v) is 6.01. The zero-order chi connectivity index (χ0) is 17.6. The highest BCUT2D eigenvalue weighted by molar-refractivity contribution is 5.78. The summed E-state index contributed by atoms with van der Waals surface area (Å²) >= 11 is 0. The van der Waals surface area contributed by atoms with E-state index in [1.54, 1.807) is 19.3 Å². The van der Waals surface area contributed by atoms with Gasteiger partial charge in [0.1, 0.15) is 12.4 Å². The Labute approximate surface area is 145 Å². The lowest BCUT2D eigenvalue weighted by Gasteiger charge is -2.16. The fourth-order valence-electron chi connectivity index (χ4n) is 2.59. The molecule has 134 valence electrons. The Balaban J connectivity index is 1.66. The number of furan rings is 1. The summed E-state index contributed by atoms with van der Waals surface area (Å²) in [6, 6.07) is 11.3. The number of aliphatic hydroxyl groups is 2. The molecule has 0 aliphatic rings. The van der Waals surface area contributed by atoms with Crippen LogP contribution in [0.25, 0.3) is 11.0 Å². The predicted octanol–water partition coefficient (Wildman–Crippen LogP) is 2.00. The summed E-state index contributed by atoms with van der Waals surface area (Å²) in [6.07, 6.45) is 0.404. The molecule has 7 nitrogen and oxygen atoms in total. The number of nitrogens with zero attached hydrogens (tertiary/aromatic N) is 2. The minimum absolute atomic E-state index is 0.184. The van der Waals surface area contributed by atoms with Crippen LogP contribution in [0.1, 0.15) is 12.7 Å². The summed E-state index contributed by atoms with van der Waals surface area (Å²) < 4.78 is 12.6. The van der Waals surface area contributed by atoms with E-state index in [9.17, 15) is 10.2 Å². The van der Waals surface area contributed by atoms with Crippen molar-refractivity contribution in [3.63, 3.8) is 0 Å². The molecular weight excluding hydrogens is 322 g/mol. The number of ether oxygens (including phenoxy) is 1. The molecule has 25 heavy (non-hydrogen) atoms. The van der Waals surface area contributed by atoms with Gasteiger partial charge in [0.2, 0.25) is 5.95 Å². The molecule has 7 heteroatoms. The fraction of sp³-hybridized carbons (Fsp3) is 0.389. The second-order valence-electron chi connectivity index (χ2n) is 6.01. The molecule has 0 unspecified atom stereocenters. The molecule has 0 saturated heterocycles. The summed E-state index contributed by atoms with van der Waals surface area (Å²) in [4.78, 5) is 4.53. The molecule has 3 aromatic rings. The standard InChI is InChI=1S/C18H23N3O4/c1-13(22)9-19-18-20-16-6-2-3-7-17(16)21(18)10-14(23)11-24-12-15-5-4-8-25-15/h2-8,13-14,22-23H,9-12H2,1H3,(H,19,20)/t13-,14-/m1/s1.